The molecule has 1 heterocycles. The predicted molar refractivity (Wildman–Crippen MR) is 123 cm³/mol. The van der Waals surface area contributed by atoms with Crippen LogP contribution in [0.4, 0.5) is 0 Å². The van der Waals surface area contributed by atoms with E-state index in [9.17, 15) is 13.2 Å². The quantitative estimate of drug-likeness (QED) is 0.510. The van der Waals surface area contributed by atoms with Crippen LogP contribution in [0.2, 0.25) is 0 Å². The summed E-state index contributed by atoms with van der Waals surface area (Å²) >= 11 is 1.44. The number of rotatable bonds is 8. The lowest BCUT2D eigenvalue weighted by atomic mass is 10.2. The third-order valence-corrected chi connectivity index (χ3v) is 8.10. The summed E-state index contributed by atoms with van der Waals surface area (Å²) in [4.78, 5) is 17.9. The van der Waals surface area contributed by atoms with Crippen LogP contribution < -0.4 is 9.54 Å². The molecule has 0 aliphatic rings. The molecule has 3 aromatic rings. The van der Waals surface area contributed by atoms with Crippen LogP contribution in [0.15, 0.2) is 52.4 Å². The molecule has 9 heteroatoms. The summed E-state index contributed by atoms with van der Waals surface area (Å²) in [6.45, 7) is 7.16. The maximum Gasteiger partial charge on any atom is 0.279 e. The fourth-order valence-electron chi connectivity index (χ4n) is 3.33. The number of nitrogens with zero attached hydrogens (tertiary/aromatic N) is 3. The number of sulfonamides is 1. The van der Waals surface area contributed by atoms with Gasteiger partial charge >= 0.3 is 0 Å². The molecule has 31 heavy (non-hydrogen) atoms. The smallest absolute Gasteiger partial charge is 0.279 e. The lowest BCUT2D eigenvalue weighted by Gasteiger charge is -2.18. The van der Waals surface area contributed by atoms with E-state index in [1.165, 1.54) is 39.9 Å². The number of carbonyl (C=O) groups is 1. The van der Waals surface area contributed by atoms with Gasteiger partial charge in [-0.1, -0.05) is 32.1 Å². The van der Waals surface area contributed by atoms with Gasteiger partial charge in [-0.3, -0.25) is 4.79 Å². The predicted octanol–water partition coefficient (Wildman–Crippen LogP) is 3.89. The highest BCUT2D eigenvalue weighted by Crippen LogP contribution is 2.23. The van der Waals surface area contributed by atoms with E-state index >= 15 is 0 Å². The number of hydrogen-bond donors (Lipinski definition) is 0. The van der Waals surface area contributed by atoms with Crippen LogP contribution in [0.3, 0.4) is 0 Å². The first-order chi connectivity index (χ1) is 14.8. The fourth-order valence-corrected chi connectivity index (χ4v) is 5.83. The number of ether oxygens (including phenoxy) is 1. The number of aryl methyl sites for hydroxylation is 1. The van der Waals surface area contributed by atoms with Crippen LogP contribution in [0.5, 0.6) is 5.75 Å². The summed E-state index contributed by atoms with van der Waals surface area (Å²) in [6, 6.07) is 11.7. The molecule has 7 nitrogen and oxygen atoms in total. The number of benzene rings is 2. The molecule has 0 N–H and O–H groups in total. The Morgan fingerprint density at radius 2 is 1.77 bits per heavy atom. The second kappa shape index (κ2) is 9.76. The number of amides is 1. The Balaban J connectivity index is 1.99. The summed E-state index contributed by atoms with van der Waals surface area (Å²) in [5.74, 6) is 0.341. The van der Waals surface area contributed by atoms with Gasteiger partial charge in [0.2, 0.25) is 10.0 Å². The Morgan fingerprint density at radius 1 is 1.10 bits per heavy atom. The summed E-state index contributed by atoms with van der Waals surface area (Å²) in [5.41, 5.74) is 1.31. The van der Waals surface area contributed by atoms with Gasteiger partial charge in [-0.25, -0.2) is 8.42 Å². The molecular formula is C22H27N3O4S2. The van der Waals surface area contributed by atoms with Gasteiger partial charge in [-0.2, -0.15) is 9.30 Å². The maximum atomic E-state index is 12.8. The number of hydrogen-bond acceptors (Lipinski definition) is 5. The zero-order chi connectivity index (χ0) is 22.6. The molecule has 1 amide bonds. The summed E-state index contributed by atoms with van der Waals surface area (Å²) in [6.07, 6.45) is 0.891. The van der Waals surface area contributed by atoms with Crippen molar-refractivity contribution in [1.29, 1.82) is 0 Å². The molecule has 0 atom stereocenters. The molecule has 0 fully saturated rings. The molecule has 2 aromatic carbocycles. The molecule has 3 rings (SSSR count). The minimum Gasteiger partial charge on any atom is -0.497 e. The van der Waals surface area contributed by atoms with Crippen LogP contribution in [0.1, 0.15) is 37.6 Å². The molecule has 1 aromatic heterocycles. The Bertz CT molecular complexity index is 1240. The van der Waals surface area contributed by atoms with Crippen molar-refractivity contribution in [3.8, 4) is 5.75 Å². The second-order valence-electron chi connectivity index (χ2n) is 6.90. The minimum absolute atomic E-state index is 0.169. The van der Waals surface area contributed by atoms with Gasteiger partial charge < -0.3 is 9.30 Å². The van der Waals surface area contributed by atoms with Crippen molar-refractivity contribution in [1.82, 2.24) is 8.87 Å². The zero-order valence-electron chi connectivity index (χ0n) is 18.2. The molecule has 0 bridgehead atoms. The highest BCUT2D eigenvalue weighted by Gasteiger charge is 2.21. The molecule has 0 radical (unpaired) electrons. The highest BCUT2D eigenvalue weighted by atomic mass is 32.2. The van der Waals surface area contributed by atoms with Crippen LogP contribution in [-0.2, 0) is 16.6 Å². The van der Waals surface area contributed by atoms with Gasteiger partial charge in [-0.15, -0.1) is 0 Å². The molecule has 0 aliphatic heterocycles. The molecule has 0 aliphatic carbocycles. The Hall–Kier alpha value is -2.49. The first-order valence-electron chi connectivity index (χ1n) is 10.2. The maximum absolute atomic E-state index is 12.8. The van der Waals surface area contributed by atoms with Crippen LogP contribution in [0.25, 0.3) is 10.2 Å². The van der Waals surface area contributed by atoms with E-state index in [1.54, 1.807) is 21.0 Å². The van der Waals surface area contributed by atoms with Crippen molar-refractivity contribution in [3.05, 3.63) is 52.8 Å². The van der Waals surface area contributed by atoms with Crippen molar-refractivity contribution < 1.29 is 17.9 Å². The number of aromatic nitrogens is 1. The monoisotopic (exact) mass is 461 g/mol. The summed E-state index contributed by atoms with van der Waals surface area (Å²) in [5, 5.41) is 0. The van der Waals surface area contributed by atoms with Crippen molar-refractivity contribution in [3.63, 3.8) is 0 Å². The van der Waals surface area contributed by atoms with Crippen molar-refractivity contribution in [2.24, 2.45) is 4.99 Å². The van der Waals surface area contributed by atoms with Crippen molar-refractivity contribution in [2.75, 3.05) is 20.2 Å². The SMILES string of the molecule is CCCn1c(=NC(=O)c2ccc(S(=O)(=O)N(CC)CC)cc2)sc2ccc(OC)cc21. The second-order valence-corrected chi connectivity index (χ2v) is 9.85. The number of fused-ring (bicyclic) bond motifs is 1. The number of methoxy groups -OCH3 is 1. The third-order valence-electron chi connectivity index (χ3n) is 4.98. The standard InChI is InChI=1S/C22H27N3O4S2/c1-5-14-25-19-15-17(29-4)10-13-20(19)30-22(25)23-21(26)16-8-11-18(12-9-16)31(27,28)24(6-2)7-3/h8-13,15H,5-7,14H2,1-4H3. The Kier molecular flexibility index (Phi) is 7.30. The molecule has 166 valence electrons. The average molecular weight is 462 g/mol. The largest absolute Gasteiger partial charge is 0.497 e. The number of thiazole rings is 1. The first kappa shape index (κ1) is 23.2. The third kappa shape index (κ3) is 4.73. The molecule has 0 saturated heterocycles. The van der Waals surface area contributed by atoms with Crippen molar-refractivity contribution in [2.45, 2.75) is 38.6 Å². The topological polar surface area (TPSA) is 81.0 Å². The van der Waals surface area contributed by atoms with E-state index in [-0.39, 0.29) is 4.90 Å². The lowest BCUT2D eigenvalue weighted by Crippen LogP contribution is -2.30. The fraction of sp³-hybridized carbons (Fsp3) is 0.364. The van der Waals surface area contributed by atoms with Gasteiger partial charge in [0.05, 0.1) is 22.2 Å². The van der Waals surface area contributed by atoms with E-state index < -0.39 is 15.9 Å². The number of carbonyl (C=O) groups excluding carboxylic acids is 1. The molecule has 0 unspecified atom stereocenters. The Labute approximate surface area is 186 Å². The van der Waals surface area contributed by atoms with Crippen molar-refractivity contribution >= 4 is 37.5 Å². The minimum atomic E-state index is -3.56. The molecule has 0 spiro atoms. The zero-order valence-corrected chi connectivity index (χ0v) is 19.8. The van der Waals surface area contributed by atoms with E-state index in [1.807, 2.05) is 22.8 Å². The molecule has 0 saturated carbocycles. The van der Waals surface area contributed by atoms with Gasteiger partial charge in [0.1, 0.15) is 5.75 Å². The lowest BCUT2D eigenvalue weighted by molar-refractivity contribution is 0.0997. The van der Waals surface area contributed by atoms with E-state index in [2.05, 4.69) is 11.9 Å². The van der Waals surface area contributed by atoms with Gasteiger partial charge in [0, 0.05) is 31.3 Å². The van der Waals surface area contributed by atoms with E-state index in [0.29, 0.717) is 23.5 Å². The van der Waals surface area contributed by atoms with Gasteiger partial charge in [0.25, 0.3) is 5.91 Å². The normalized spacial score (nSPS) is 12.6. The van der Waals surface area contributed by atoms with E-state index in [0.717, 1.165) is 28.9 Å². The Morgan fingerprint density at radius 3 is 2.35 bits per heavy atom. The molecular weight excluding hydrogens is 434 g/mol. The van der Waals surface area contributed by atoms with Crippen LogP contribution in [-0.4, -0.2) is 43.4 Å². The van der Waals surface area contributed by atoms with Crippen LogP contribution >= 0.6 is 11.3 Å². The summed E-state index contributed by atoms with van der Waals surface area (Å²) < 4.78 is 35.0. The average Bonchev–Trinajstić information content (AvgIpc) is 3.10. The van der Waals surface area contributed by atoms with Gasteiger partial charge in [-0.05, 0) is 42.8 Å². The first-order valence-corrected chi connectivity index (χ1v) is 12.5. The van der Waals surface area contributed by atoms with E-state index in [4.69, 9.17) is 4.74 Å². The van der Waals surface area contributed by atoms with Crippen LogP contribution in [0, 0.1) is 0 Å². The highest BCUT2D eigenvalue weighted by molar-refractivity contribution is 7.89. The summed E-state index contributed by atoms with van der Waals surface area (Å²) in [7, 11) is -1.94. The van der Waals surface area contributed by atoms with Gasteiger partial charge in [0.15, 0.2) is 4.80 Å².